The van der Waals surface area contributed by atoms with Crippen LogP contribution >= 0.6 is 0 Å². The number of rotatable bonds is 28. The molecule has 63 heavy (non-hydrogen) atoms. The summed E-state index contributed by atoms with van der Waals surface area (Å²) in [6, 6.07) is 0. The van der Waals surface area contributed by atoms with Crippen LogP contribution in [0.1, 0.15) is 27.7 Å². The lowest BCUT2D eigenvalue weighted by atomic mass is 9.97. The van der Waals surface area contributed by atoms with Gasteiger partial charge in [0.15, 0.2) is 12.6 Å². The van der Waals surface area contributed by atoms with Gasteiger partial charge in [-0.25, -0.2) is 19.2 Å². The summed E-state index contributed by atoms with van der Waals surface area (Å²) in [4.78, 5) is 47.5. The van der Waals surface area contributed by atoms with E-state index in [1.54, 1.807) is 0 Å². The normalized spacial score (nSPS) is 27.8. The first-order chi connectivity index (χ1) is 29.6. The fraction of sp³-hybridized carbons (Fsp3) is 0.700. The van der Waals surface area contributed by atoms with Crippen molar-refractivity contribution < 1.29 is 112 Å². The van der Waals surface area contributed by atoms with Gasteiger partial charge in [-0.2, -0.15) is 0 Å². The molecular formula is C40H62O23. The van der Waals surface area contributed by atoms with Gasteiger partial charge in [0.2, 0.25) is 0 Å². The molecule has 14 atom stereocenters. The number of carbonyl (C=O) groups excluding carboxylic acids is 4. The molecule has 0 bridgehead atoms. The molecule has 23 nitrogen and oxygen atoms in total. The summed E-state index contributed by atoms with van der Waals surface area (Å²) >= 11 is 0. The zero-order chi connectivity index (χ0) is 47.6. The Balaban J connectivity index is 2.46. The number of aliphatic hydroxyl groups is 8. The Morgan fingerprint density at radius 3 is 1.25 bits per heavy atom. The minimum absolute atomic E-state index is 0.0415. The second kappa shape index (κ2) is 27.5. The highest BCUT2D eigenvalue weighted by Crippen LogP contribution is 2.32. The molecule has 2 aliphatic rings. The molecule has 4 unspecified atom stereocenters. The molecular weight excluding hydrogens is 848 g/mol. The van der Waals surface area contributed by atoms with Crippen molar-refractivity contribution >= 4 is 23.9 Å². The summed E-state index contributed by atoms with van der Waals surface area (Å²) in [5.74, 6) is -3.20. The monoisotopic (exact) mass is 910 g/mol. The predicted octanol–water partition coefficient (Wildman–Crippen LogP) is -3.38. The molecule has 2 heterocycles. The Morgan fingerprint density at radius 1 is 0.492 bits per heavy atom. The maximum atomic E-state index is 12.0. The van der Waals surface area contributed by atoms with Crippen LogP contribution in [0.25, 0.3) is 0 Å². The smallest absolute Gasteiger partial charge is 0.333 e. The molecule has 0 aliphatic carbocycles. The van der Waals surface area contributed by atoms with E-state index in [4.69, 9.17) is 52.1 Å². The molecule has 2 saturated heterocycles. The van der Waals surface area contributed by atoms with Gasteiger partial charge in [-0.05, 0) is 27.7 Å². The molecule has 0 aromatic rings. The number of hydrogen-bond acceptors (Lipinski definition) is 23. The lowest BCUT2D eigenvalue weighted by molar-refractivity contribution is -0.385. The molecule has 0 spiro atoms. The Hall–Kier alpha value is -3.76. The van der Waals surface area contributed by atoms with Crippen molar-refractivity contribution in [2.45, 2.75) is 114 Å². The van der Waals surface area contributed by atoms with Gasteiger partial charge in [0.25, 0.3) is 0 Å². The number of ether oxygens (including phenoxy) is 11. The van der Waals surface area contributed by atoms with Crippen LogP contribution in [0.5, 0.6) is 0 Å². The standard InChI is InChI=1S/C40H62O23/c1-19(2)35(49)57-14-23(42)10-53-18-28-32(54-11-24(43)15-58-36(50)20(3)4)33(55-12-25(44)16-59-37(51)21(5)6)31(48)39(62-28)63-40-34(30(47)29(46)27(9-41)61-40)56-13-26(45)17-60-38(52)22(7)8/h23-34,39-48H,1,3,5,7,9-18H2,2,4,6,8H3/t23?,24?,25?,26?,27-,28-,29-,30+,31-,32-,33-,34-,39-,40-/m1/s1. The van der Waals surface area contributed by atoms with E-state index in [2.05, 4.69) is 26.3 Å². The Morgan fingerprint density at radius 2 is 0.857 bits per heavy atom. The quantitative estimate of drug-likeness (QED) is 0.0216. The highest BCUT2D eigenvalue weighted by atomic mass is 16.8. The van der Waals surface area contributed by atoms with Crippen LogP contribution in [0.4, 0.5) is 0 Å². The van der Waals surface area contributed by atoms with E-state index in [1.807, 2.05) is 0 Å². The van der Waals surface area contributed by atoms with E-state index in [0.717, 1.165) is 0 Å². The third kappa shape index (κ3) is 18.7. The molecule has 23 heteroatoms. The maximum Gasteiger partial charge on any atom is 0.333 e. The van der Waals surface area contributed by atoms with Crippen molar-refractivity contribution in [1.29, 1.82) is 0 Å². The first-order valence-corrected chi connectivity index (χ1v) is 19.6. The Bertz CT molecular complexity index is 1540. The highest BCUT2D eigenvalue weighted by molar-refractivity contribution is 5.88. The molecule has 2 fully saturated rings. The predicted molar refractivity (Wildman–Crippen MR) is 211 cm³/mol. The summed E-state index contributed by atoms with van der Waals surface area (Å²) < 4.78 is 60.7. The molecule has 0 aromatic carbocycles. The van der Waals surface area contributed by atoms with Gasteiger partial charge in [-0.15, -0.1) is 0 Å². The van der Waals surface area contributed by atoms with Crippen LogP contribution in [-0.2, 0) is 71.3 Å². The van der Waals surface area contributed by atoms with E-state index in [1.165, 1.54) is 27.7 Å². The van der Waals surface area contributed by atoms with E-state index in [9.17, 15) is 60.0 Å². The van der Waals surface area contributed by atoms with Crippen molar-refractivity contribution in [3.8, 4) is 0 Å². The number of hydrogen-bond donors (Lipinski definition) is 8. The van der Waals surface area contributed by atoms with Crippen molar-refractivity contribution in [3.63, 3.8) is 0 Å². The molecule has 0 radical (unpaired) electrons. The number of carbonyl (C=O) groups is 4. The zero-order valence-corrected chi connectivity index (χ0v) is 35.7. The van der Waals surface area contributed by atoms with Crippen LogP contribution in [0.15, 0.2) is 48.6 Å². The van der Waals surface area contributed by atoms with Gasteiger partial charge in [0.05, 0.1) is 39.6 Å². The van der Waals surface area contributed by atoms with Crippen LogP contribution in [0, 0.1) is 0 Å². The van der Waals surface area contributed by atoms with E-state index in [0.29, 0.717) is 0 Å². The fourth-order valence-corrected chi connectivity index (χ4v) is 5.37. The van der Waals surface area contributed by atoms with Crippen LogP contribution < -0.4 is 0 Å². The zero-order valence-electron chi connectivity index (χ0n) is 35.7. The molecule has 360 valence electrons. The van der Waals surface area contributed by atoms with E-state index < -0.39 is 176 Å². The Kier molecular flexibility index (Phi) is 24.2. The largest absolute Gasteiger partial charge is 0.460 e. The minimum Gasteiger partial charge on any atom is -0.460 e. The van der Waals surface area contributed by atoms with Gasteiger partial charge in [0.1, 0.15) is 99.7 Å². The van der Waals surface area contributed by atoms with Crippen molar-refractivity contribution in [2.24, 2.45) is 0 Å². The lowest BCUT2D eigenvalue weighted by Crippen LogP contribution is -2.65. The lowest BCUT2D eigenvalue weighted by Gasteiger charge is -2.47. The van der Waals surface area contributed by atoms with Gasteiger partial charge in [-0.1, -0.05) is 26.3 Å². The minimum atomic E-state index is -1.95. The summed E-state index contributed by atoms with van der Waals surface area (Å²) in [6.07, 6.45) is -22.8. The topological polar surface area (TPSA) is 332 Å². The summed E-state index contributed by atoms with van der Waals surface area (Å²) in [6.45, 7) is 13.4. The van der Waals surface area contributed by atoms with Crippen molar-refractivity contribution in [3.05, 3.63) is 48.6 Å². The first kappa shape index (κ1) is 55.4. The molecule has 0 aromatic heterocycles. The SMILES string of the molecule is C=C(C)C(=O)OCC(O)COC[C@H]1O[C@H](O[C@H]2O[C@H](CO)[C@@H](O)[C@H](O)[C@H]2OCC(O)COC(=O)C(=C)C)[C@H](O)[C@@H](OCC(O)COC(=O)C(=C)C)[C@@H]1OCC(O)COC(=O)C(=C)C. The molecule has 0 saturated carbocycles. The maximum absolute atomic E-state index is 12.0. The number of aliphatic hydroxyl groups excluding tert-OH is 8. The number of esters is 4. The second-order valence-electron chi connectivity index (χ2n) is 14.9. The Labute approximate surface area is 363 Å². The molecule has 8 N–H and O–H groups in total. The van der Waals surface area contributed by atoms with Gasteiger partial charge in [-0.3, -0.25) is 0 Å². The van der Waals surface area contributed by atoms with Crippen LogP contribution in [0.3, 0.4) is 0 Å². The highest BCUT2D eigenvalue weighted by Gasteiger charge is 2.52. The summed E-state index contributed by atoms with van der Waals surface area (Å²) in [5, 5.41) is 85.6. The van der Waals surface area contributed by atoms with E-state index >= 15 is 0 Å². The van der Waals surface area contributed by atoms with Gasteiger partial charge < -0.3 is 93.0 Å². The fourth-order valence-electron chi connectivity index (χ4n) is 5.37. The van der Waals surface area contributed by atoms with Crippen molar-refractivity contribution in [2.75, 3.05) is 66.1 Å². The van der Waals surface area contributed by atoms with Crippen molar-refractivity contribution in [1.82, 2.24) is 0 Å². The third-order valence-corrected chi connectivity index (χ3v) is 8.76. The summed E-state index contributed by atoms with van der Waals surface area (Å²) in [7, 11) is 0. The third-order valence-electron chi connectivity index (χ3n) is 8.76. The van der Waals surface area contributed by atoms with Crippen LogP contribution in [0.2, 0.25) is 0 Å². The van der Waals surface area contributed by atoms with Crippen LogP contribution in [-0.4, -0.2) is 217 Å². The average molecular weight is 911 g/mol. The first-order valence-electron chi connectivity index (χ1n) is 19.6. The average Bonchev–Trinajstić information content (AvgIpc) is 3.23. The van der Waals surface area contributed by atoms with Gasteiger partial charge in [0, 0.05) is 22.3 Å². The van der Waals surface area contributed by atoms with E-state index in [-0.39, 0.29) is 22.3 Å². The van der Waals surface area contributed by atoms with Gasteiger partial charge >= 0.3 is 23.9 Å². The molecule has 0 amide bonds. The summed E-state index contributed by atoms with van der Waals surface area (Å²) in [5.41, 5.74) is 0.221. The second-order valence-corrected chi connectivity index (χ2v) is 14.9. The molecule has 2 rings (SSSR count). The molecule has 2 aliphatic heterocycles.